The van der Waals surface area contributed by atoms with E-state index in [9.17, 15) is 0 Å². The molecule has 1 unspecified atom stereocenters. The number of imidazole rings is 1. The molecule has 2 rings (SSSR count). The highest BCUT2D eigenvalue weighted by Crippen LogP contribution is 2.11. The second-order valence-electron chi connectivity index (χ2n) is 4.87. The smallest absolute Gasteiger partial charge is 0.203 e. The summed E-state index contributed by atoms with van der Waals surface area (Å²) in [5, 5.41) is 3.35. The minimum Gasteiger partial charge on any atom is -0.383 e. The molecular formula is C15H21N3O. The zero-order chi connectivity index (χ0) is 13.7. The van der Waals surface area contributed by atoms with Gasteiger partial charge in [-0.05, 0) is 19.4 Å². The van der Waals surface area contributed by atoms with E-state index in [0.29, 0.717) is 6.61 Å². The Morgan fingerprint density at radius 3 is 2.74 bits per heavy atom. The molecular weight excluding hydrogens is 238 g/mol. The summed E-state index contributed by atoms with van der Waals surface area (Å²) in [6, 6.07) is 8.80. The van der Waals surface area contributed by atoms with Crippen LogP contribution in [-0.2, 0) is 11.3 Å². The number of hydrogen-bond acceptors (Lipinski definition) is 3. The Labute approximate surface area is 114 Å². The highest BCUT2D eigenvalue weighted by molar-refractivity contribution is 5.30. The predicted molar refractivity (Wildman–Crippen MR) is 77.5 cm³/mol. The van der Waals surface area contributed by atoms with E-state index in [4.69, 9.17) is 4.74 Å². The first-order valence-electron chi connectivity index (χ1n) is 6.51. The Hall–Kier alpha value is -1.81. The van der Waals surface area contributed by atoms with Crippen molar-refractivity contribution in [2.45, 2.75) is 26.4 Å². The average Bonchev–Trinajstić information content (AvgIpc) is 2.80. The fraction of sp³-hybridized carbons (Fsp3) is 0.400. The Morgan fingerprint density at radius 2 is 2.05 bits per heavy atom. The summed E-state index contributed by atoms with van der Waals surface area (Å²) in [6.45, 7) is 5.66. The lowest BCUT2D eigenvalue weighted by atomic mass is 10.1. The van der Waals surface area contributed by atoms with Gasteiger partial charge >= 0.3 is 0 Å². The minimum absolute atomic E-state index is 0.240. The fourth-order valence-corrected chi connectivity index (χ4v) is 1.98. The van der Waals surface area contributed by atoms with Crippen molar-refractivity contribution in [1.29, 1.82) is 0 Å². The van der Waals surface area contributed by atoms with Crippen molar-refractivity contribution in [1.82, 2.24) is 9.55 Å². The van der Waals surface area contributed by atoms with Crippen molar-refractivity contribution in [3.63, 3.8) is 0 Å². The maximum Gasteiger partial charge on any atom is 0.203 e. The van der Waals surface area contributed by atoms with E-state index in [1.54, 1.807) is 7.11 Å². The van der Waals surface area contributed by atoms with Gasteiger partial charge in [0.1, 0.15) is 0 Å². The summed E-state index contributed by atoms with van der Waals surface area (Å²) in [6.07, 6.45) is 3.80. The third kappa shape index (κ3) is 3.83. The number of benzene rings is 1. The lowest BCUT2D eigenvalue weighted by Gasteiger charge is -2.15. The second kappa shape index (κ2) is 6.38. The molecule has 0 saturated carbocycles. The zero-order valence-corrected chi connectivity index (χ0v) is 11.8. The maximum atomic E-state index is 5.12. The van der Waals surface area contributed by atoms with Gasteiger partial charge in [0.2, 0.25) is 5.95 Å². The van der Waals surface area contributed by atoms with Crippen molar-refractivity contribution in [3.05, 3.63) is 47.8 Å². The molecule has 1 N–H and O–H groups in total. The van der Waals surface area contributed by atoms with Gasteiger partial charge in [-0.25, -0.2) is 4.98 Å². The van der Waals surface area contributed by atoms with Crippen LogP contribution in [0.3, 0.4) is 0 Å². The van der Waals surface area contributed by atoms with Crippen LogP contribution in [0, 0.1) is 6.92 Å². The highest BCUT2D eigenvalue weighted by Gasteiger charge is 2.07. The van der Waals surface area contributed by atoms with E-state index < -0.39 is 0 Å². The van der Waals surface area contributed by atoms with E-state index in [1.165, 1.54) is 11.1 Å². The number of methoxy groups -OCH3 is 1. The van der Waals surface area contributed by atoms with Gasteiger partial charge in [0.25, 0.3) is 0 Å². The first-order valence-corrected chi connectivity index (χ1v) is 6.51. The van der Waals surface area contributed by atoms with E-state index in [-0.39, 0.29) is 6.04 Å². The summed E-state index contributed by atoms with van der Waals surface area (Å²) in [5.74, 6) is 0.880. The van der Waals surface area contributed by atoms with Gasteiger partial charge < -0.3 is 14.6 Å². The molecule has 0 spiro atoms. The van der Waals surface area contributed by atoms with Gasteiger partial charge in [-0.3, -0.25) is 0 Å². The van der Waals surface area contributed by atoms with Crippen molar-refractivity contribution < 1.29 is 4.74 Å². The van der Waals surface area contributed by atoms with Gasteiger partial charge in [-0.2, -0.15) is 0 Å². The van der Waals surface area contributed by atoms with Crippen molar-refractivity contribution in [2.75, 3.05) is 19.0 Å². The quantitative estimate of drug-likeness (QED) is 0.867. The molecule has 1 atom stereocenters. The summed E-state index contributed by atoms with van der Waals surface area (Å²) in [5.41, 5.74) is 2.55. The molecule has 1 aromatic carbocycles. The lowest BCUT2D eigenvalue weighted by molar-refractivity contribution is 0.190. The highest BCUT2D eigenvalue weighted by atomic mass is 16.5. The largest absolute Gasteiger partial charge is 0.383 e. The number of ether oxygens (including phenoxy) is 1. The number of hydrogen-bond donors (Lipinski definition) is 1. The van der Waals surface area contributed by atoms with E-state index in [1.807, 2.05) is 12.4 Å². The molecule has 1 heterocycles. The van der Waals surface area contributed by atoms with Crippen LogP contribution < -0.4 is 5.32 Å². The molecule has 0 saturated heterocycles. The fourth-order valence-electron chi connectivity index (χ4n) is 1.98. The number of aryl methyl sites for hydroxylation is 1. The lowest BCUT2D eigenvalue weighted by Crippen LogP contribution is -2.23. The Kier molecular flexibility index (Phi) is 4.58. The summed E-state index contributed by atoms with van der Waals surface area (Å²) in [4.78, 5) is 4.35. The monoisotopic (exact) mass is 259 g/mol. The molecule has 0 fully saturated rings. The Morgan fingerprint density at radius 1 is 1.32 bits per heavy atom. The first-order chi connectivity index (χ1) is 9.19. The summed E-state index contributed by atoms with van der Waals surface area (Å²) >= 11 is 0. The molecule has 1 aromatic heterocycles. The zero-order valence-electron chi connectivity index (χ0n) is 11.8. The standard InChI is InChI=1S/C15H21N3O/c1-12-4-6-14(7-5-12)10-18-9-8-16-15(18)17-13(2)11-19-3/h4-9,13H,10-11H2,1-3H3,(H,16,17). The third-order valence-corrected chi connectivity index (χ3v) is 2.98. The van der Waals surface area contributed by atoms with E-state index >= 15 is 0 Å². The van der Waals surface area contributed by atoms with Crippen LogP contribution in [0.15, 0.2) is 36.7 Å². The normalized spacial score (nSPS) is 12.4. The average molecular weight is 259 g/mol. The van der Waals surface area contributed by atoms with Crippen LogP contribution in [0.5, 0.6) is 0 Å². The van der Waals surface area contributed by atoms with E-state index in [2.05, 4.69) is 53.0 Å². The first kappa shape index (κ1) is 13.6. The van der Waals surface area contributed by atoms with Gasteiger partial charge in [0, 0.05) is 25.5 Å². The maximum absolute atomic E-state index is 5.12. The van der Waals surface area contributed by atoms with Gasteiger partial charge in [-0.1, -0.05) is 29.8 Å². The topological polar surface area (TPSA) is 39.1 Å². The van der Waals surface area contributed by atoms with Crippen LogP contribution in [0.1, 0.15) is 18.1 Å². The van der Waals surface area contributed by atoms with Crippen LogP contribution in [0.2, 0.25) is 0 Å². The molecule has 0 aliphatic carbocycles. The second-order valence-corrected chi connectivity index (χ2v) is 4.87. The van der Waals surface area contributed by atoms with Crippen LogP contribution in [0.25, 0.3) is 0 Å². The van der Waals surface area contributed by atoms with Gasteiger partial charge in [-0.15, -0.1) is 0 Å². The molecule has 0 aliphatic heterocycles. The van der Waals surface area contributed by atoms with Crippen molar-refractivity contribution in [2.24, 2.45) is 0 Å². The molecule has 19 heavy (non-hydrogen) atoms. The molecule has 0 aliphatic rings. The summed E-state index contributed by atoms with van der Waals surface area (Å²) < 4.78 is 7.23. The van der Waals surface area contributed by atoms with E-state index in [0.717, 1.165) is 12.5 Å². The SMILES string of the molecule is COCC(C)Nc1nccn1Cc1ccc(C)cc1. The summed E-state index contributed by atoms with van der Waals surface area (Å²) in [7, 11) is 1.71. The number of rotatable bonds is 6. The number of nitrogens with zero attached hydrogens (tertiary/aromatic N) is 2. The number of aromatic nitrogens is 2. The van der Waals surface area contributed by atoms with Gasteiger partial charge in [0.05, 0.1) is 13.2 Å². The predicted octanol–water partition coefficient (Wildman–Crippen LogP) is 2.69. The molecule has 2 aromatic rings. The number of nitrogens with one attached hydrogen (secondary N) is 1. The number of anilines is 1. The van der Waals surface area contributed by atoms with Crippen LogP contribution in [-0.4, -0.2) is 29.3 Å². The van der Waals surface area contributed by atoms with Crippen molar-refractivity contribution in [3.8, 4) is 0 Å². The Balaban J connectivity index is 2.05. The van der Waals surface area contributed by atoms with Crippen molar-refractivity contribution >= 4 is 5.95 Å². The molecule has 102 valence electrons. The molecule has 4 heteroatoms. The minimum atomic E-state index is 0.240. The molecule has 0 amide bonds. The molecule has 0 bridgehead atoms. The molecule has 4 nitrogen and oxygen atoms in total. The van der Waals surface area contributed by atoms with Crippen LogP contribution >= 0.6 is 0 Å². The Bertz CT molecular complexity index is 504. The van der Waals surface area contributed by atoms with Gasteiger partial charge in [0.15, 0.2) is 0 Å². The van der Waals surface area contributed by atoms with Crippen LogP contribution in [0.4, 0.5) is 5.95 Å². The third-order valence-electron chi connectivity index (χ3n) is 2.98. The molecule has 0 radical (unpaired) electrons.